The Labute approximate surface area is 508 Å². The molecule has 6 aromatic rings. The molecule has 6 atom stereocenters. The number of nitrogens with one attached hydrogen (secondary N) is 2. The minimum atomic E-state index is -0.574. The van der Waals surface area contributed by atoms with Gasteiger partial charge in [0.1, 0.15) is 40.9 Å². The van der Waals surface area contributed by atoms with E-state index in [0.29, 0.717) is 58.7 Å². The molecule has 18 heteroatoms. The van der Waals surface area contributed by atoms with Crippen LogP contribution in [0.25, 0.3) is 0 Å². The summed E-state index contributed by atoms with van der Waals surface area (Å²) in [5.41, 5.74) is 9.02. The summed E-state index contributed by atoms with van der Waals surface area (Å²) >= 11 is 0. The van der Waals surface area contributed by atoms with Crippen LogP contribution in [0.3, 0.4) is 0 Å². The standard InChI is InChI=1S/C25H29FN2O4.C20H21FN2O2.C15H14FN.C9H17NO3/c1-25(2,3)32-23(29)27-14-13-20(16-27)31-24(30)28-15-12-17-6-4-5-7-21(17)22(28)18-8-10-19(26)11-9-18;21-16-7-5-15(6-8-16)19-18-4-2-1-3-14(18)10-12-23(19)20(24)25-17-9-11-22-13-17;16-13-7-5-12(6-8-13)15-14-4-2-1-3-11(14)9-10-17-15;1-9(2,3)13-8(12)10-5-4-7(11)6-10/h4-11,20,22H,12-16H2,1-3H3;1-8,17,19,22H,9-13H2;1-8,15,17H,9-10H2;7,11H,4-6H2,1-3H3/t20-,22-;17-,19-;15-;7-/m0000/s1. The molecule has 0 radical (unpaired) electrons. The lowest BCUT2D eigenvalue weighted by Crippen LogP contribution is -2.43. The van der Waals surface area contributed by atoms with Gasteiger partial charge in [-0.15, -0.1) is 0 Å². The SMILES string of the molecule is CC(C)(C)OC(=O)N1CC[C@H](O)C1.CC(C)(C)OC(=O)N1CC[C@H](OC(=O)N2CCc3ccccc3[C@@H]2c2ccc(F)cc2)C1.Fc1ccc([C@@H]2NCCc3ccccc32)cc1.O=C(O[C@H]1CCNC1)N1CCc2ccccc2[C@@H]1c1ccc(F)cc1. The van der Waals surface area contributed by atoms with E-state index in [1.54, 1.807) is 39.0 Å². The maximum Gasteiger partial charge on any atom is 0.410 e. The van der Waals surface area contributed by atoms with E-state index in [-0.39, 0.29) is 66.1 Å². The normalized spacial score (nSPS) is 21.2. The second-order valence-corrected chi connectivity index (χ2v) is 24.7. The Morgan fingerprint density at radius 2 is 0.897 bits per heavy atom. The lowest BCUT2D eigenvalue weighted by Gasteiger charge is -2.37. The number of aliphatic hydroxyl groups is 1. The van der Waals surface area contributed by atoms with Crippen LogP contribution in [0.1, 0.15) is 129 Å². The number of likely N-dealkylation sites (tertiary alicyclic amines) is 2. The zero-order valence-corrected chi connectivity index (χ0v) is 50.6. The van der Waals surface area contributed by atoms with Crippen molar-refractivity contribution in [2.24, 2.45) is 0 Å². The van der Waals surface area contributed by atoms with Crippen LogP contribution in [0.2, 0.25) is 0 Å². The molecule has 0 aromatic heterocycles. The van der Waals surface area contributed by atoms with Crippen LogP contribution in [0.4, 0.5) is 32.3 Å². The summed E-state index contributed by atoms with van der Waals surface area (Å²) in [5.74, 6) is -0.781. The fraction of sp³-hybridized carbons (Fsp3) is 0.420. The maximum absolute atomic E-state index is 13.5. The summed E-state index contributed by atoms with van der Waals surface area (Å²) < 4.78 is 61.9. The second-order valence-electron chi connectivity index (χ2n) is 24.7. The third-order valence-corrected chi connectivity index (χ3v) is 15.9. The molecule has 0 unspecified atom stereocenters. The summed E-state index contributed by atoms with van der Waals surface area (Å²) in [6.07, 6.45) is 2.36. The molecule has 0 aliphatic carbocycles. The fourth-order valence-electron chi connectivity index (χ4n) is 11.7. The Morgan fingerprint density at radius 3 is 1.34 bits per heavy atom. The Bertz CT molecular complexity index is 3280. The predicted molar refractivity (Wildman–Crippen MR) is 325 cm³/mol. The van der Waals surface area contributed by atoms with Crippen molar-refractivity contribution in [1.29, 1.82) is 0 Å². The molecule has 6 aliphatic rings. The summed E-state index contributed by atoms with van der Waals surface area (Å²) in [6, 6.07) is 43.5. The Balaban J connectivity index is 0.000000146. The summed E-state index contributed by atoms with van der Waals surface area (Å²) in [4.78, 5) is 56.3. The van der Waals surface area contributed by atoms with Gasteiger partial charge in [-0.3, -0.25) is 9.80 Å². The number of nitrogens with zero attached hydrogens (tertiary/aromatic N) is 4. The van der Waals surface area contributed by atoms with Crippen molar-refractivity contribution in [3.8, 4) is 0 Å². The van der Waals surface area contributed by atoms with Crippen LogP contribution >= 0.6 is 0 Å². The number of carbonyl (C=O) groups is 4. The van der Waals surface area contributed by atoms with Gasteiger partial charge in [-0.05, 0) is 167 Å². The average Bonchev–Trinajstić information content (AvgIpc) is 1.53. The number of amides is 4. The van der Waals surface area contributed by atoms with Crippen LogP contribution in [0.15, 0.2) is 146 Å². The van der Waals surface area contributed by atoms with Gasteiger partial charge in [0.2, 0.25) is 0 Å². The van der Waals surface area contributed by atoms with E-state index in [4.69, 9.17) is 18.9 Å². The zero-order valence-electron chi connectivity index (χ0n) is 50.6. The molecule has 0 bridgehead atoms. The lowest BCUT2D eigenvalue weighted by molar-refractivity contribution is 0.0229. The van der Waals surface area contributed by atoms with Crippen molar-refractivity contribution in [2.75, 3.05) is 58.9 Å². The first-order valence-corrected chi connectivity index (χ1v) is 30.2. The van der Waals surface area contributed by atoms with E-state index in [1.807, 2.05) is 90.1 Å². The van der Waals surface area contributed by atoms with Gasteiger partial charge in [0.05, 0.1) is 30.8 Å². The molecule has 3 saturated heterocycles. The number of aliphatic hydroxyl groups excluding tert-OH is 1. The van der Waals surface area contributed by atoms with Crippen LogP contribution in [0.5, 0.6) is 0 Å². The van der Waals surface area contributed by atoms with Crippen molar-refractivity contribution in [3.05, 3.63) is 213 Å². The maximum atomic E-state index is 13.5. The molecule has 0 saturated carbocycles. The number of halogens is 3. The number of ether oxygens (including phenoxy) is 4. The third-order valence-electron chi connectivity index (χ3n) is 15.9. The van der Waals surface area contributed by atoms with Gasteiger partial charge in [-0.1, -0.05) is 109 Å². The van der Waals surface area contributed by atoms with Crippen molar-refractivity contribution in [2.45, 2.75) is 128 Å². The zero-order chi connectivity index (χ0) is 61.8. The van der Waals surface area contributed by atoms with E-state index < -0.39 is 23.4 Å². The molecule has 3 N–H and O–H groups in total. The first-order chi connectivity index (χ1) is 41.7. The van der Waals surface area contributed by atoms with Gasteiger partial charge < -0.3 is 44.5 Å². The fourth-order valence-corrected chi connectivity index (χ4v) is 11.7. The van der Waals surface area contributed by atoms with E-state index in [9.17, 15) is 37.5 Å². The number of benzene rings is 6. The van der Waals surface area contributed by atoms with Gasteiger partial charge >= 0.3 is 24.4 Å². The molecule has 6 heterocycles. The van der Waals surface area contributed by atoms with Crippen LogP contribution < -0.4 is 10.6 Å². The highest BCUT2D eigenvalue weighted by molar-refractivity contribution is 5.72. The molecule has 87 heavy (non-hydrogen) atoms. The molecule has 12 rings (SSSR count). The first-order valence-electron chi connectivity index (χ1n) is 30.2. The number of hydrogen-bond acceptors (Lipinski definition) is 11. The molecular weight excluding hydrogens is 1110 g/mol. The molecule has 462 valence electrons. The predicted octanol–water partition coefficient (Wildman–Crippen LogP) is 12.2. The van der Waals surface area contributed by atoms with Crippen molar-refractivity contribution in [1.82, 2.24) is 30.2 Å². The summed E-state index contributed by atoms with van der Waals surface area (Å²) in [7, 11) is 0. The van der Waals surface area contributed by atoms with Crippen LogP contribution in [-0.2, 0) is 38.2 Å². The number of rotatable bonds is 5. The smallest absolute Gasteiger partial charge is 0.410 e. The minimum Gasteiger partial charge on any atom is -0.445 e. The van der Waals surface area contributed by atoms with Crippen molar-refractivity contribution in [3.63, 3.8) is 0 Å². The monoisotopic (exact) mass is 1190 g/mol. The summed E-state index contributed by atoms with van der Waals surface area (Å²) in [5, 5.41) is 15.9. The Kier molecular flexibility index (Phi) is 21.0. The van der Waals surface area contributed by atoms with Crippen LogP contribution in [0, 0.1) is 17.5 Å². The topological polar surface area (TPSA) is 162 Å². The highest BCUT2D eigenvalue weighted by atomic mass is 19.1. The second kappa shape index (κ2) is 28.7. The van der Waals surface area contributed by atoms with Gasteiger partial charge in [0.25, 0.3) is 0 Å². The Hall–Kier alpha value is -7.93. The largest absolute Gasteiger partial charge is 0.445 e. The molecule has 6 aliphatic heterocycles. The molecule has 6 aromatic carbocycles. The highest BCUT2D eigenvalue weighted by Gasteiger charge is 2.38. The Morgan fingerprint density at radius 1 is 0.471 bits per heavy atom. The first kappa shape index (κ1) is 63.6. The van der Waals surface area contributed by atoms with E-state index in [1.165, 1.54) is 63.6 Å². The quantitative estimate of drug-likeness (QED) is 0.141. The van der Waals surface area contributed by atoms with Crippen LogP contribution in [-0.4, -0.2) is 137 Å². The number of β-amino-alcohol motifs (C(OH)–C–C–N with tert-alkyl or cyclic N) is 1. The molecule has 0 spiro atoms. The van der Waals surface area contributed by atoms with Gasteiger partial charge in [0, 0.05) is 52.2 Å². The van der Waals surface area contributed by atoms with Gasteiger partial charge in [-0.25, -0.2) is 32.3 Å². The van der Waals surface area contributed by atoms with Crippen molar-refractivity contribution < 1.29 is 56.4 Å². The van der Waals surface area contributed by atoms with E-state index >= 15 is 0 Å². The molecule has 15 nitrogen and oxygen atoms in total. The summed E-state index contributed by atoms with van der Waals surface area (Å²) in [6.45, 7) is 16.4. The van der Waals surface area contributed by atoms with Crippen molar-refractivity contribution >= 4 is 24.4 Å². The van der Waals surface area contributed by atoms with E-state index in [0.717, 1.165) is 66.6 Å². The number of carbonyl (C=O) groups excluding carboxylic acids is 4. The molecule has 4 amide bonds. The average molecular weight is 1200 g/mol. The minimum absolute atomic E-state index is 0.0708. The molecular formula is C69H81F3N6O9. The van der Waals surface area contributed by atoms with E-state index in [2.05, 4.69) is 47.0 Å². The third kappa shape index (κ3) is 17.2. The number of hydrogen-bond donors (Lipinski definition) is 3. The molecule has 3 fully saturated rings. The number of fused-ring (bicyclic) bond motifs is 3. The lowest BCUT2D eigenvalue weighted by atomic mass is 9.88. The van der Waals surface area contributed by atoms with Gasteiger partial charge in [-0.2, -0.15) is 0 Å². The van der Waals surface area contributed by atoms with Gasteiger partial charge in [0.15, 0.2) is 0 Å². The highest BCUT2D eigenvalue weighted by Crippen LogP contribution is 2.38.